The summed E-state index contributed by atoms with van der Waals surface area (Å²) in [4.78, 5) is 2.39. The van der Waals surface area contributed by atoms with Gasteiger partial charge in [-0.15, -0.1) is 0 Å². The van der Waals surface area contributed by atoms with E-state index in [1.54, 1.807) is 0 Å². The first-order valence-corrected chi connectivity index (χ1v) is 7.59. The highest BCUT2D eigenvalue weighted by molar-refractivity contribution is 9.13. The molecule has 0 bridgehead atoms. The first-order valence-electron chi connectivity index (χ1n) is 6.01. The molecule has 1 aliphatic heterocycles. The third kappa shape index (κ3) is 4.05. The van der Waals surface area contributed by atoms with Gasteiger partial charge in [-0.1, -0.05) is 6.07 Å². The minimum atomic E-state index is 0.680. The average Bonchev–Trinajstić information content (AvgIpc) is 2.76. The second-order valence-electron chi connectivity index (χ2n) is 4.74. The van der Waals surface area contributed by atoms with E-state index in [1.165, 1.54) is 24.9 Å². The standard InChI is InChI=1S/C13H18Br2N2/c1-17(9-11-3-2-6-16-11)8-10-4-5-12(14)13(15)7-10/h4-5,7,11,16H,2-3,6,8-9H2,1H3. The van der Waals surface area contributed by atoms with Gasteiger partial charge in [0.05, 0.1) is 0 Å². The molecule has 17 heavy (non-hydrogen) atoms. The SMILES string of the molecule is CN(Cc1ccc(Br)c(Br)c1)CC1CCCN1. The molecule has 0 aromatic heterocycles. The Hall–Kier alpha value is 0.1000. The summed E-state index contributed by atoms with van der Waals surface area (Å²) in [6, 6.07) is 7.14. The number of halogens is 2. The summed E-state index contributed by atoms with van der Waals surface area (Å²) in [5, 5.41) is 3.54. The molecule has 1 aliphatic rings. The summed E-state index contributed by atoms with van der Waals surface area (Å²) in [6.45, 7) is 3.32. The van der Waals surface area contributed by atoms with Crippen molar-refractivity contribution in [1.82, 2.24) is 10.2 Å². The lowest BCUT2D eigenvalue weighted by Crippen LogP contribution is -2.34. The Balaban J connectivity index is 1.88. The van der Waals surface area contributed by atoms with Crippen molar-refractivity contribution in [2.75, 3.05) is 20.1 Å². The van der Waals surface area contributed by atoms with Gasteiger partial charge in [-0.3, -0.25) is 0 Å². The van der Waals surface area contributed by atoms with E-state index in [-0.39, 0.29) is 0 Å². The lowest BCUT2D eigenvalue weighted by Gasteiger charge is -2.21. The molecule has 1 atom stereocenters. The van der Waals surface area contributed by atoms with Crippen LogP contribution in [0.4, 0.5) is 0 Å². The summed E-state index contributed by atoms with van der Waals surface area (Å²) < 4.78 is 2.24. The summed E-state index contributed by atoms with van der Waals surface area (Å²) in [5.41, 5.74) is 1.35. The second-order valence-corrected chi connectivity index (χ2v) is 6.45. The van der Waals surface area contributed by atoms with Crippen LogP contribution >= 0.6 is 31.9 Å². The number of rotatable bonds is 4. The number of hydrogen-bond acceptors (Lipinski definition) is 2. The van der Waals surface area contributed by atoms with Gasteiger partial charge in [-0.25, -0.2) is 0 Å². The zero-order valence-corrected chi connectivity index (χ0v) is 13.2. The maximum Gasteiger partial charge on any atom is 0.0320 e. The Morgan fingerprint density at radius 2 is 2.18 bits per heavy atom. The number of hydrogen-bond donors (Lipinski definition) is 1. The molecule has 1 fully saturated rings. The van der Waals surface area contributed by atoms with Crippen LogP contribution in [0, 0.1) is 0 Å². The van der Waals surface area contributed by atoms with E-state index in [2.05, 4.69) is 67.3 Å². The van der Waals surface area contributed by atoms with Crippen LogP contribution in [0.25, 0.3) is 0 Å². The summed E-state index contributed by atoms with van der Waals surface area (Å²) in [6.07, 6.45) is 2.64. The smallest absolute Gasteiger partial charge is 0.0320 e. The maximum atomic E-state index is 3.55. The predicted octanol–water partition coefficient (Wildman–Crippen LogP) is 3.40. The molecule has 0 aliphatic carbocycles. The van der Waals surface area contributed by atoms with E-state index in [4.69, 9.17) is 0 Å². The first-order chi connectivity index (χ1) is 8.15. The molecule has 1 aromatic rings. The van der Waals surface area contributed by atoms with Crippen LogP contribution in [0.1, 0.15) is 18.4 Å². The zero-order chi connectivity index (χ0) is 12.3. The first kappa shape index (κ1) is 13.5. The van der Waals surface area contributed by atoms with Gasteiger partial charge < -0.3 is 10.2 Å². The molecule has 1 aromatic carbocycles. The van der Waals surface area contributed by atoms with Crippen LogP contribution in [0.3, 0.4) is 0 Å². The maximum absolute atomic E-state index is 3.55. The van der Waals surface area contributed by atoms with Crippen molar-refractivity contribution in [2.24, 2.45) is 0 Å². The second kappa shape index (κ2) is 6.32. The summed E-state index contributed by atoms with van der Waals surface area (Å²) >= 11 is 7.04. The Bertz CT molecular complexity index is 376. The normalized spacial score (nSPS) is 20.1. The van der Waals surface area contributed by atoms with Crippen LogP contribution in [0.2, 0.25) is 0 Å². The largest absolute Gasteiger partial charge is 0.313 e. The fourth-order valence-corrected chi connectivity index (χ4v) is 2.98. The molecule has 1 heterocycles. The molecule has 0 spiro atoms. The predicted molar refractivity (Wildman–Crippen MR) is 79.2 cm³/mol. The third-order valence-electron chi connectivity index (χ3n) is 3.13. The third-order valence-corrected chi connectivity index (χ3v) is 5.01. The summed E-state index contributed by atoms with van der Waals surface area (Å²) in [7, 11) is 2.19. The van der Waals surface area contributed by atoms with E-state index in [0.29, 0.717) is 6.04 Å². The van der Waals surface area contributed by atoms with Crippen molar-refractivity contribution in [2.45, 2.75) is 25.4 Å². The van der Waals surface area contributed by atoms with Crippen molar-refractivity contribution in [3.63, 3.8) is 0 Å². The molecule has 1 saturated heterocycles. The minimum absolute atomic E-state index is 0.680. The Kier molecular flexibility index (Phi) is 5.03. The average molecular weight is 362 g/mol. The van der Waals surface area contributed by atoms with E-state index in [0.717, 1.165) is 22.0 Å². The van der Waals surface area contributed by atoms with Gasteiger partial charge >= 0.3 is 0 Å². The number of nitrogens with zero attached hydrogens (tertiary/aromatic N) is 1. The molecule has 0 amide bonds. The fourth-order valence-electron chi connectivity index (χ4n) is 2.30. The van der Waals surface area contributed by atoms with Crippen LogP contribution < -0.4 is 5.32 Å². The van der Waals surface area contributed by atoms with Gasteiger partial charge in [-0.05, 0) is 76.0 Å². The number of benzene rings is 1. The monoisotopic (exact) mass is 360 g/mol. The quantitative estimate of drug-likeness (QED) is 0.884. The molecule has 1 N–H and O–H groups in total. The molecule has 94 valence electrons. The molecule has 2 rings (SSSR count). The van der Waals surface area contributed by atoms with Crippen molar-refractivity contribution in [3.05, 3.63) is 32.7 Å². The van der Waals surface area contributed by atoms with Gasteiger partial charge in [0.15, 0.2) is 0 Å². The van der Waals surface area contributed by atoms with E-state index < -0.39 is 0 Å². The van der Waals surface area contributed by atoms with Gasteiger partial charge in [-0.2, -0.15) is 0 Å². The number of likely N-dealkylation sites (N-methyl/N-ethyl adjacent to an activating group) is 1. The Labute approximate surface area is 120 Å². The number of nitrogens with one attached hydrogen (secondary N) is 1. The van der Waals surface area contributed by atoms with Crippen molar-refractivity contribution < 1.29 is 0 Å². The van der Waals surface area contributed by atoms with Crippen LogP contribution in [-0.4, -0.2) is 31.1 Å². The lowest BCUT2D eigenvalue weighted by molar-refractivity contribution is 0.293. The zero-order valence-electron chi connectivity index (χ0n) is 10.0. The van der Waals surface area contributed by atoms with Crippen LogP contribution in [0.15, 0.2) is 27.1 Å². The van der Waals surface area contributed by atoms with Gasteiger partial charge in [0.25, 0.3) is 0 Å². The Morgan fingerprint density at radius 3 is 2.82 bits per heavy atom. The molecule has 4 heteroatoms. The molecule has 0 saturated carbocycles. The minimum Gasteiger partial charge on any atom is -0.313 e. The van der Waals surface area contributed by atoms with Crippen molar-refractivity contribution in [3.8, 4) is 0 Å². The molecular formula is C13H18Br2N2. The van der Waals surface area contributed by atoms with Gasteiger partial charge in [0.1, 0.15) is 0 Å². The lowest BCUT2D eigenvalue weighted by atomic mass is 10.2. The van der Waals surface area contributed by atoms with Crippen molar-refractivity contribution >= 4 is 31.9 Å². The van der Waals surface area contributed by atoms with Crippen molar-refractivity contribution in [1.29, 1.82) is 0 Å². The molecule has 0 radical (unpaired) electrons. The molecular weight excluding hydrogens is 344 g/mol. The summed E-state index contributed by atoms with van der Waals surface area (Å²) in [5.74, 6) is 0. The van der Waals surface area contributed by atoms with Gasteiger partial charge in [0, 0.05) is 28.1 Å². The van der Waals surface area contributed by atoms with E-state index in [1.807, 2.05) is 0 Å². The highest BCUT2D eigenvalue weighted by atomic mass is 79.9. The topological polar surface area (TPSA) is 15.3 Å². The van der Waals surface area contributed by atoms with E-state index in [9.17, 15) is 0 Å². The van der Waals surface area contributed by atoms with Gasteiger partial charge in [0.2, 0.25) is 0 Å². The van der Waals surface area contributed by atoms with Crippen LogP contribution in [-0.2, 0) is 6.54 Å². The van der Waals surface area contributed by atoms with E-state index >= 15 is 0 Å². The Morgan fingerprint density at radius 1 is 1.35 bits per heavy atom. The highest BCUT2D eigenvalue weighted by Gasteiger charge is 2.15. The fraction of sp³-hybridized carbons (Fsp3) is 0.538. The molecule has 1 unspecified atom stereocenters. The highest BCUT2D eigenvalue weighted by Crippen LogP contribution is 2.24. The van der Waals surface area contributed by atoms with Crippen LogP contribution in [0.5, 0.6) is 0 Å². The molecule has 2 nitrogen and oxygen atoms in total.